The monoisotopic (exact) mass is 561 g/mol. The van der Waals surface area contributed by atoms with E-state index >= 15 is 0 Å². The van der Waals surface area contributed by atoms with Crippen LogP contribution in [0.25, 0.3) is 0 Å². The summed E-state index contributed by atoms with van der Waals surface area (Å²) in [6.07, 6.45) is 3.87. The minimum absolute atomic E-state index is 0. The van der Waals surface area contributed by atoms with E-state index in [-0.39, 0.29) is 24.0 Å². The lowest BCUT2D eigenvalue weighted by Crippen LogP contribution is -2.41. The molecule has 1 saturated heterocycles. The molecule has 1 unspecified atom stereocenters. The zero-order valence-corrected chi connectivity index (χ0v) is 20.4. The fourth-order valence-corrected chi connectivity index (χ4v) is 3.79. The van der Waals surface area contributed by atoms with E-state index in [4.69, 9.17) is 0 Å². The van der Waals surface area contributed by atoms with Crippen LogP contribution in [-0.2, 0) is 13.0 Å². The summed E-state index contributed by atoms with van der Waals surface area (Å²) < 4.78 is 3.21. The highest BCUT2D eigenvalue weighted by atomic mass is 127. The standard InChI is InChI=1S/C19H28BrN7.HI/c1-3-18-25-24-14-27(18)10-8-22-19(21-2)23-12-15-7-9-26(13-15)17-6-4-5-16(20)11-17;/h4-6,11,14-15H,3,7-10,12-13H2,1-2H3,(H2,21,22,23);1H. The molecule has 2 N–H and O–H groups in total. The third-order valence-corrected chi connectivity index (χ3v) is 5.39. The summed E-state index contributed by atoms with van der Waals surface area (Å²) in [5, 5.41) is 14.9. The Kier molecular flexibility index (Phi) is 9.49. The second-order valence-corrected chi connectivity index (χ2v) is 7.67. The molecule has 1 fully saturated rings. The average molecular weight is 562 g/mol. The fourth-order valence-electron chi connectivity index (χ4n) is 3.40. The number of aryl methyl sites for hydroxylation is 1. The highest BCUT2D eigenvalue weighted by molar-refractivity contribution is 14.0. The molecule has 1 atom stereocenters. The minimum atomic E-state index is 0. The van der Waals surface area contributed by atoms with Gasteiger partial charge in [0.1, 0.15) is 12.2 Å². The van der Waals surface area contributed by atoms with Crippen molar-refractivity contribution in [1.82, 2.24) is 25.4 Å². The van der Waals surface area contributed by atoms with Crippen molar-refractivity contribution in [2.75, 3.05) is 38.1 Å². The zero-order valence-electron chi connectivity index (χ0n) is 16.4. The summed E-state index contributed by atoms with van der Waals surface area (Å²) in [5.74, 6) is 2.48. The van der Waals surface area contributed by atoms with E-state index in [1.54, 1.807) is 6.33 Å². The van der Waals surface area contributed by atoms with E-state index in [9.17, 15) is 0 Å². The maximum Gasteiger partial charge on any atom is 0.191 e. The summed E-state index contributed by atoms with van der Waals surface area (Å²) in [7, 11) is 1.81. The maximum absolute atomic E-state index is 4.33. The molecule has 1 aromatic carbocycles. The molecule has 2 aromatic rings. The summed E-state index contributed by atoms with van der Waals surface area (Å²) in [4.78, 5) is 6.78. The Morgan fingerprint density at radius 2 is 2.21 bits per heavy atom. The van der Waals surface area contributed by atoms with Gasteiger partial charge in [-0.05, 0) is 30.5 Å². The first-order chi connectivity index (χ1) is 13.2. The van der Waals surface area contributed by atoms with E-state index < -0.39 is 0 Å². The largest absolute Gasteiger partial charge is 0.371 e. The number of hydrogen-bond acceptors (Lipinski definition) is 4. The van der Waals surface area contributed by atoms with Crippen molar-refractivity contribution < 1.29 is 0 Å². The van der Waals surface area contributed by atoms with Gasteiger partial charge in [0.15, 0.2) is 5.96 Å². The Labute approximate surface area is 192 Å². The summed E-state index contributed by atoms with van der Waals surface area (Å²) in [6, 6.07) is 8.52. The van der Waals surface area contributed by atoms with E-state index in [0.717, 1.165) is 55.4 Å². The second kappa shape index (κ2) is 11.6. The van der Waals surface area contributed by atoms with Crippen LogP contribution in [0.15, 0.2) is 40.1 Å². The Balaban J connectivity index is 0.00000280. The molecular weight excluding hydrogens is 533 g/mol. The molecule has 0 bridgehead atoms. The van der Waals surface area contributed by atoms with E-state index in [2.05, 4.69) is 82.4 Å². The van der Waals surface area contributed by atoms with Crippen LogP contribution in [-0.4, -0.2) is 54.0 Å². The van der Waals surface area contributed by atoms with Crippen LogP contribution in [0.5, 0.6) is 0 Å². The van der Waals surface area contributed by atoms with Crippen LogP contribution in [0.1, 0.15) is 19.2 Å². The molecule has 28 heavy (non-hydrogen) atoms. The first-order valence-corrected chi connectivity index (χ1v) is 10.3. The Bertz CT molecular complexity index is 764. The lowest BCUT2D eigenvalue weighted by molar-refractivity contribution is 0.561. The zero-order chi connectivity index (χ0) is 19.1. The van der Waals surface area contributed by atoms with Gasteiger partial charge >= 0.3 is 0 Å². The number of halogens is 2. The lowest BCUT2D eigenvalue weighted by atomic mass is 10.1. The van der Waals surface area contributed by atoms with Crippen LogP contribution >= 0.6 is 39.9 Å². The molecular formula is C19H29BrIN7. The Hall–Kier alpha value is -1.36. The quantitative estimate of drug-likeness (QED) is 0.309. The molecule has 1 aliphatic rings. The molecule has 0 amide bonds. The number of benzene rings is 1. The van der Waals surface area contributed by atoms with Gasteiger partial charge in [-0.2, -0.15) is 0 Å². The molecule has 2 heterocycles. The number of aromatic nitrogens is 3. The van der Waals surface area contributed by atoms with Gasteiger partial charge in [-0.25, -0.2) is 0 Å². The number of guanidine groups is 1. The van der Waals surface area contributed by atoms with Gasteiger partial charge in [0, 0.05) is 56.4 Å². The molecule has 1 aliphatic heterocycles. The second-order valence-electron chi connectivity index (χ2n) is 6.75. The molecule has 9 heteroatoms. The number of anilines is 1. The number of hydrogen-bond donors (Lipinski definition) is 2. The number of rotatable bonds is 7. The maximum atomic E-state index is 4.33. The van der Waals surface area contributed by atoms with E-state index in [0.29, 0.717) is 5.92 Å². The van der Waals surface area contributed by atoms with Gasteiger partial charge in [0.05, 0.1) is 0 Å². The molecule has 1 aromatic heterocycles. The molecule has 154 valence electrons. The van der Waals surface area contributed by atoms with Crippen molar-refractivity contribution in [2.24, 2.45) is 10.9 Å². The third kappa shape index (κ3) is 6.33. The van der Waals surface area contributed by atoms with Crippen molar-refractivity contribution in [3.8, 4) is 0 Å². The molecule has 0 aliphatic carbocycles. The normalized spacial score (nSPS) is 16.8. The van der Waals surface area contributed by atoms with Crippen molar-refractivity contribution in [2.45, 2.75) is 26.3 Å². The first-order valence-electron chi connectivity index (χ1n) is 9.51. The smallest absolute Gasteiger partial charge is 0.191 e. The van der Waals surface area contributed by atoms with Gasteiger partial charge in [-0.3, -0.25) is 4.99 Å². The van der Waals surface area contributed by atoms with Crippen LogP contribution in [0.3, 0.4) is 0 Å². The molecule has 0 spiro atoms. The van der Waals surface area contributed by atoms with Gasteiger partial charge in [0.25, 0.3) is 0 Å². The predicted octanol–water partition coefficient (Wildman–Crippen LogP) is 2.91. The molecule has 3 rings (SSSR count). The average Bonchev–Trinajstić information content (AvgIpc) is 3.33. The highest BCUT2D eigenvalue weighted by Crippen LogP contribution is 2.25. The van der Waals surface area contributed by atoms with Gasteiger partial charge in [-0.1, -0.05) is 28.9 Å². The SMILES string of the molecule is CCc1nncn1CCNC(=NC)NCC1CCN(c2cccc(Br)c2)C1.I. The van der Waals surface area contributed by atoms with Crippen LogP contribution in [0.4, 0.5) is 5.69 Å². The highest BCUT2D eigenvalue weighted by Gasteiger charge is 2.22. The van der Waals surface area contributed by atoms with Crippen molar-refractivity contribution in [1.29, 1.82) is 0 Å². The number of nitrogens with one attached hydrogen (secondary N) is 2. The lowest BCUT2D eigenvalue weighted by Gasteiger charge is -2.20. The van der Waals surface area contributed by atoms with Gasteiger partial charge in [0.2, 0.25) is 0 Å². The van der Waals surface area contributed by atoms with Crippen molar-refractivity contribution in [3.63, 3.8) is 0 Å². The molecule has 0 radical (unpaired) electrons. The topological polar surface area (TPSA) is 70.4 Å². The van der Waals surface area contributed by atoms with E-state index in [1.165, 1.54) is 12.1 Å². The van der Waals surface area contributed by atoms with Crippen molar-refractivity contribution >= 4 is 51.6 Å². The predicted molar refractivity (Wildman–Crippen MR) is 129 cm³/mol. The number of nitrogens with zero attached hydrogens (tertiary/aromatic N) is 5. The summed E-state index contributed by atoms with van der Waals surface area (Å²) in [5.41, 5.74) is 1.29. The Morgan fingerprint density at radius 3 is 2.96 bits per heavy atom. The summed E-state index contributed by atoms with van der Waals surface area (Å²) >= 11 is 3.56. The van der Waals surface area contributed by atoms with Gasteiger partial charge in [-0.15, -0.1) is 34.2 Å². The van der Waals surface area contributed by atoms with Crippen LogP contribution in [0.2, 0.25) is 0 Å². The van der Waals surface area contributed by atoms with Gasteiger partial charge < -0.3 is 20.1 Å². The Morgan fingerprint density at radius 1 is 1.36 bits per heavy atom. The fraction of sp³-hybridized carbons (Fsp3) is 0.526. The number of aliphatic imine (C=N–C) groups is 1. The minimum Gasteiger partial charge on any atom is -0.371 e. The third-order valence-electron chi connectivity index (χ3n) is 4.90. The van der Waals surface area contributed by atoms with E-state index in [1.807, 2.05) is 7.05 Å². The van der Waals surface area contributed by atoms with Crippen LogP contribution in [0, 0.1) is 5.92 Å². The van der Waals surface area contributed by atoms with Crippen LogP contribution < -0.4 is 15.5 Å². The van der Waals surface area contributed by atoms with Crippen molar-refractivity contribution in [3.05, 3.63) is 40.9 Å². The summed E-state index contributed by atoms with van der Waals surface area (Å²) in [6.45, 7) is 6.81. The molecule has 7 nitrogen and oxygen atoms in total. The first kappa shape index (κ1) is 22.9. The molecule has 0 saturated carbocycles.